The molecule has 0 saturated heterocycles. The number of nitrogens with zero attached hydrogens (tertiary/aromatic N) is 2. The Morgan fingerprint density at radius 3 is 3.06 bits per heavy atom. The predicted molar refractivity (Wildman–Crippen MR) is 65.2 cm³/mol. The van der Waals surface area contributed by atoms with Gasteiger partial charge in [0.1, 0.15) is 0 Å². The molecule has 1 amide bonds. The average Bonchev–Trinajstić information content (AvgIpc) is 2.30. The molecule has 0 bridgehead atoms. The molecule has 1 heterocycles. The number of amides is 1. The lowest BCUT2D eigenvalue weighted by atomic mass is 9.76. The molecule has 1 aliphatic rings. The molecule has 5 heteroatoms. The molecular formula is C12H18N4O. The van der Waals surface area contributed by atoms with Crippen LogP contribution in [0.5, 0.6) is 0 Å². The molecule has 1 aromatic heterocycles. The Bertz CT molecular complexity index is 395. The Morgan fingerprint density at radius 1 is 1.59 bits per heavy atom. The number of carbonyl (C=O) groups is 1. The summed E-state index contributed by atoms with van der Waals surface area (Å²) < 4.78 is 0. The van der Waals surface area contributed by atoms with Gasteiger partial charge in [-0.25, -0.2) is 4.98 Å². The highest BCUT2D eigenvalue weighted by atomic mass is 16.2. The number of nitrogens with two attached hydrogens (primary N) is 1. The summed E-state index contributed by atoms with van der Waals surface area (Å²) in [4.78, 5) is 20.0. The van der Waals surface area contributed by atoms with E-state index in [2.05, 4.69) is 22.2 Å². The average molecular weight is 234 g/mol. The van der Waals surface area contributed by atoms with E-state index in [4.69, 9.17) is 5.73 Å². The van der Waals surface area contributed by atoms with Crippen LogP contribution in [-0.2, 0) is 4.79 Å². The maximum atomic E-state index is 12.1. The van der Waals surface area contributed by atoms with Crippen LogP contribution in [0.25, 0.3) is 0 Å². The predicted octanol–water partition coefficient (Wildman–Crippen LogP) is 1.32. The van der Waals surface area contributed by atoms with Crippen molar-refractivity contribution in [2.75, 3.05) is 5.32 Å². The van der Waals surface area contributed by atoms with Crippen molar-refractivity contribution in [3.63, 3.8) is 0 Å². The van der Waals surface area contributed by atoms with Crippen LogP contribution in [0.2, 0.25) is 0 Å². The van der Waals surface area contributed by atoms with E-state index in [-0.39, 0.29) is 5.91 Å². The highest BCUT2D eigenvalue weighted by Crippen LogP contribution is 2.31. The summed E-state index contributed by atoms with van der Waals surface area (Å²) in [6.45, 7) is 2.14. The highest BCUT2D eigenvalue weighted by molar-refractivity contribution is 5.97. The van der Waals surface area contributed by atoms with E-state index in [0.717, 1.165) is 25.7 Å². The van der Waals surface area contributed by atoms with Gasteiger partial charge in [0.05, 0.1) is 11.7 Å². The fourth-order valence-electron chi connectivity index (χ4n) is 2.40. The van der Waals surface area contributed by atoms with Crippen LogP contribution in [0.3, 0.4) is 0 Å². The van der Waals surface area contributed by atoms with E-state index in [0.29, 0.717) is 11.7 Å². The zero-order valence-electron chi connectivity index (χ0n) is 10.0. The van der Waals surface area contributed by atoms with E-state index in [1.54, 1.807) is 12.4 Å². The van der Waals surface area contributed by atoms with E-state index in [9.17, 15) is 4.79 Å². The number of hydrogen-bond donors (Lipinski definition) is 2. The Labute approximate surface area is 101 Å². The topological polar surface area (TPSA) is 80.9 Å². The van der Waals surface area contributed by atoms with Gasteiger partial charge < -0.3 is 11.1 Å². The summed E-state index contributed by atoms with van der Waals surface area (Å²) in [5.41, 5.74) is 5.43. The normalized spacial score (nSPS) is 28.7. The molecule has 2 atom stereocenters. The molecule has 0 aliphatic heterocycles. The van der Waals surface area contributed by atoms with Gasteiger partial charge in [-0.2, -0.15) is 0 Å². The smallest absolute Gasteiger partial charge is 0.245 e. The Hall–Kier alpha value is -1.49. The summed E-state index contributed by atoms with van der Waals surface area (Å²) in [7, 11) is 0. The third-order valence-corrected chi connectivity index (χ3v) is 3.29. The number of hydrogen-bond acceptors (Lipinski definition) is 4. The van der Waals surface area contributed by atoms with Crippen molar-refractivity contribution >= 4 is 11.7 Å². The summed E-state index contributed by atoms with van der Waals surface area (Å²) in [5, 5.41) is 2.74. The first-order valence-corrected chi connectivity index (χ1v) is 5.96. The zero-order chi connectivity index (χ0) is 12.3. The van der Waals surface area contributed by atoms with E-state index in [1.165, 1.54) is 6.20 Å². The lowest BCUT2D eigenvalue weighted by Crippen LogP contribution is -2.53. The van der Waals surface area contributed by atoms with Crippen molar-refractivity contribution < 1.29 is 4.79 Å². The molecule has 17 heavy (non-hydrogen) atoms. The summed E-state index contributed by atoms with van der Waals surface area (Å²) in [6, 6.07) is 0. The summed E-state index contributed by atoms with van der Waals surface area (Å²) in [5.74, 6) is 0.812. The van der Waals surface area contributed by atoms with Gasteiger partial charge in [0.15, 0.2) is 5.82 Å². The summed E-state index contributed by atoms with van der Waals surface area (Å²) >= 11 is 0. The maximum Gasteiger partial charge on any atom is 0.245 e. The van der Waals surface area contributed by atoms with Crippen molar-refractivity contribution in [1.29, 1.82) is 0 Å². The Morgan fingerprint density at radius 2 is 2.41 bits per heavy atom. The molecule has 2 unspecified atom stereocenters. The quantitative estimate of drug-likeness (QED) is 0.808. The van der Waals surface area contributed by atoms with E-state index in [1.807, 2.05) is 0 Å². The fourth-order valence-corrected chi connectivity index (χ4v) is 2.40. The van der Waals surface area contributed by atoms with Crippen LogP contribution in [0.15, 0.2) is 18.6 Å². The molecule has 1 aliphatic carbocycles. The number of aromatic nitrogens is 2. The molecule has 0 radical (unpaired) electrons. The van der Waals surface area contributed by atoms with Gasteiger partial charge in [-0.3, -0.25) is 9.78 Å². The molecule has 92 valence electrons. The Kier molecular flexibility index (Phi) is 3.38. The highest BCUT2D eigenvalue weighted by Gasteiger charge is 2.38. The lowest BCUT2D eigenvalue weighted by Gasteiger charge is -2.35. The monoisotopic (exact) mass is 234 g/mol. The lowest BCUT2D eigenvalue weighted by molar-refractivity contribution is -0.122. The second-order valence-electron chi connectivity index (χ2n) is 4.90. The van der Waals surface area contributed by atoms with Gasteiger partial charge in [-0.05, 0) is 18.8 Å². The molecule has 0 spiro atoms. The van der Waals surface area contributed by atoms with Crippen molar-refractivity contribution in [3.8, 4) is 0 Å². The van der Waals surface area contributed by atoms with Gasteiger partial charge in [0.2, 0.25) is 5.91 Å². The molecule has 3 N–H and O–H groups in total. The van der Waals surface area contributed by atoms with E-state index >= 15 is 0 Å². The van der Waals surface area contributed by atoms with Crippen LogP contribution >= 0.6 is 0 Å². The molecule has 2 rings (SSSR count). The Balaban J connectivity index is 2.04. The van der Waals surface area contributed by atoms with Gasteiger partial charge in [-0.15, -0.1) is 0 Å². The number of nitrogens with one attached hydrogen (secondary N) is 1. The molecule has 1 saturated carbocycles. The maximum absolute atomic E-state index is 12.1. The van der Waals surface area contributed by atoms with E-state index < -0.39 is 5.54 Å². The van der Waals surface area contributed by atoms with Crippen molar-refractivity contribution in [3.05, 3.63) is 18.6 Å². The van der Waals surface area contributed by atoms with Crippen LogP contribution in [0, 0.1) is 5.92 Å². The van der Waals surface area contributed by atoms with Crippen molar-refractivity contribution in [2.24, 2.45) is 11.7 Å². The molecule has 1 aromatic rings. The first-order valence-electron chi connectivity index (χ1n) is 5.96. The number of carbonyl (C=O) groups excluding carboxylic acids is 1. The number of anilines is 1. The third-order valence-electron chi connectivity index (χ3n) is 3.29. The van der Waals surface area contributed by atoms with Gasteiger partial charge in [0, 0.05) is 12.4 Å². The molecular weight excluding hydrogens is 216 g/mol. The van der Waals surface area contributed by atoms with Crippen LogP contribution in [0.4, 0.5) is 5.82 Å². The van der Waals surface area contributed by atoms with Crippen LogP contribution in [0.1, 0.15) is 32.6 Å². The van der Waals surface area contributed by atoms with Crippen molar-refractivity contribution in [1.82, 2.24) is 9.97 Å². The minimum Gasteiger partial charge on any atom is -0.317 e. The van der Waals surface area contributed by atoms with Crippen LogP contribution < -0.4 is 11.1 Å². The SMILES string of the molecule is CC1CCCC(N)(C(=O)Nc2cnccn2)C1. The minimum absolute atomic E-state index is 0.149. The largest absolute Gasteiger partial charge is 0.317 e. The molecule has 5 nitrogen and oxygen atoms in total. The second-order valence-corrected chi connectivity index (χ2v) is 4.90. The summed E-state index contributed by atoms with van der Waals surface area (Å²) in [6.07, 6.45) is 8.26. The zero-order valence-corrected chi connectivity index (χ0v) is 10.0. The van der Waals surface area contributed by atoms with Crippen LogP contribution in [-0.4, -0.2) is 21.4 Å². The first kappa shape index (κ1) is 12.0. The second kappa shape index (κ2) is 4.79. The van der Waals surface area contributed by atoms with Gasteiger partial charge in [-0.1, -0.05) is 19.8 Å². The minimum atomic E-state index is -0.755. The number of rotatable bonds is 2. The van der Waals surface area contributed by atoms with Gasteiger partial charge in [0.25, 0.3) is 0 Å². The van der Waals surface area contributed by atoms with Gasteiger partial charge >= 0.3 is 0 Å². The standard InChI is InChI=1S/C12H18N4O/c1-9-3-2-4-12(13,7-9)11(17)16-10-8-14-5-6-15-10/h5-6,8-9H,2-4,7,13H2,1H3,(H,15,16,17). The third kappa shape index (κ3) is 2.79. The first-order chi connectivity index (χ1) is 8.10. The van der Waals surface area contributed by atoms with Crippen molar-refractivity contribution in [2.45, 2.75) is 38.1 Å². The molecule has 0 aromatic carbocycles. The fraction of sp³-hybridized carbons (Fsp3) is 0.583. The molecule has 1 fully saturated rings.